The van der Waals surface area contributed by atoms with Crippen molar-refractivity contribution >= 4 is 5.91 Å². The van der Waals surface area contributed by atoms with Crippen molar-refractivity contribution in [2.45, 2.75) is 76.5 Å². The maximum Gasteiger partial charge on any atom is 0.237 e. The van der Waals surface area contributed by atoms with E-state index in [1.165, 1.54) is 31.2 Å². The van der Waals surface area contributed by atoms with Crippen molar-refractivity contribution in [1.82, 2.24) is 30.4 Å². The molecule has 1 saturated carbocycles. The van der Waals surface area contributed by atoms with Crippen LogP contribution in [0.2, 0.25) is 0 Å². The van der Waals surface area contributed by atoms with Crippen LogP contribution in [-0.4, -0.2) is 56.2 Å². The molecule has 2 aliphatic rings. The van der Waals surface area contributed by atoms with Crippen LogP contribution in [0.1, 0.15) is 63.5 Å². The normalized spacial score (nSPS) is 23.2. The number of likely N-dealkylation sites (tertiary alicyclic amines) is 1. The summed E-state index contributed by atoms with van der Waals surface area (Å²) < 4.78 is 7.33. The molecule has 1 N–H and O–H groups in total. The molecule has 0 radical (unpaired) electrons. The zero-order chi connectivity index (χ0) is 20.8. The van der Waals surface area contributed by atoms with Crippen LogP contribution in [0.15, 0.2) is 30.6 Å². The third-order valence-corrected chi connectivity index (χ3v) is 6.24. The van der Waals surface area contributed by atoms with Crippen molar-refractivity contribution in [3.8, 4) is 5.75 Å². The standard InChI is InChI=1S/C22H32N6O2/c1-2-30-20-11-9-17(10-12-20)14-27-15-19(28-16-23-25-26-28)13-21(27)22(29)24-18-7-5-3-4-6-8-18/h9-12,16,18-19,21H,2-8,13-15H2,1H3,(H,24,29)/t19-,21+/m1/s1. The van der Waals surface area contributed by atoms with Gasteiger partial charge in [0, 0.05) is 19.1 Å². The number of tetrazole rings is 1. The molecule has 1 aromatic heterocycles. The third kappa shape index (κ3) is 5.16. The lowest BCUT2D eigenvalue weighted by molar-refractivity contribution is -0.126. The minimum Gasteiger partial charge on any atom is -0.494 e. The molecule has 2 fully saturated rings. The topological polar surface area (TPSA) is 85.2 Å². The molecule has 162 valence electrons. The van der Waals surface area contributed by atoms with Crippen molar-refractivity contribution in [3.05, 3.63) is 36.2 Å². The number of hydrogen-bond acceptors (Lipinski definition) is 6. The lowest BCUT2D eigenvalue weighted by atomic mass is 10.1. The molecule has 8 heteroatoms. The molecule has 0 unspecified atom stereocenters. The van der Waals surface area contributed by atoms with Crippen LogP contribution >= 0.6 is 0 Å². The highest BCUT2D eigenvalue weighted by Crippen LogP contribution is 2.29. The number of benzene rings is 1. The van der Waals surface area contributed by atoms with Gasteiger partial charge in [-0.25, -0.2) is 4.68 Å². The van der Waals surface area contributed by atoms with Crippen molar-refractivity contribution in [2.24, 2.45) is 0 Å². The van der Waals surface area contributed by atoms with E-state index in [0.29, 0.717) is 19.2 Å². The number of ether oxygens (including phenoxy) is 1. The number of aromatic nitrogens is 4. The van der Waals surface area contributed by atoms with Crippen LogP contribution in [0, 0.1) is 0 Å². The molecule has 0 spiro atoms. The zero-order valence-electron chi connectivity index (χ0n) is 17.7. The number of rotatable bonds is 7. The van der Waals surface area contributed by atoms with Gasteiger partial charge in [-0.05, 0) is 54.3 Å². The highest BCUT2D eigenvalue weighted by Gasteiger charge is 2.38. The van der Waals surface area contributed by atoms with Gasteiger partial charge in [-0.1, -0.05) is 37.8 Å². The largest absolute Gasteiger partial charge is 0.494 e. The Labute approximate surface area is 178 Å². The third-order valence-electron chi connectivity index (χ3n) is 6.24. The Morgan fingerprint density at radius 2 is 1.93 bits per heavy atom. The van der Waals surface area contributed by atoms with E-state index in [2.05, 4.69) is 37.9 Å². The fourth-order valence-corrected chi connectivity index (χ4v) is 4.67. The van der Waals surface area contributed by atoms with E-state index in [1.54, 1.807) is 11.0 Å². The predicted molar refractivity (Wildman–Crippen MR) is 113 cm³/mol. The van der Waals surface area contributed by atoms with Gasteiger partial charge in [0.25, 0.3) is 0 Å². The second-order valence-electron chi connectivity index (χ2n) is 8.40. The average Bonchev–Trinajstić information content (AvgIpc) is 3.35. The Hall–Kier alpha value is -2.48. The van der Waals surface area contributed by atoms with Gasteiger partial charge < -0.3 is 10.1 Å². The average molecular weight is 413 g/mol. The van der Waals surface area contributed by atoms with E-state index in [4.69, 9.17) is 4.74 Å². The molecule has 2 atom stereocenters. The van der Waals surface area contributed by atoms with Gasteiger partial charge in [0.15, 0.2) is 0 Å². The number of amides is 1. The Morgan fingerprint density at radius 3 is 2.60 bits per heavy atom. The summed E-state index contributed by atoms with van der Waals surface area (Å²) in [5.41, 5.74) is 1.17. The summed E-state index contributed by atoms with van der Waals surface area (Å²) in [6.07, 6.45) is 9.52. The SMILES string of the molecule is CCOc1ccc(CN2C[C@H](n3cnnn3)C[C@H]2C(=O)NC2CCCCCC2)cc1. The van der Waals surface area contributed by atoms with Gasteiger partial charge >= 0.3 is 0 Å². The molecule has 1 saturated heterocycles. The lowest BCUT2D eigenvalue weighted by Crippen LogP contribution is -2.46. The summed E-state index contributed by atoms with van der Waals surface area (Å²) >= 11 is 0. The highest BCUT2D eigenvalue weighted by molar-refractivity contribution is 5.82. The van der Waals surface area contributed by atoms with Crippen LogP contribution in [0.5, 0.6) is 5.75 Å². The second kappa shape index (κ2) is 10.0. The number of hydrogen-bond donors (Lipinski definition) is 1. The van der Waals surface area contributed by atoms with Gasteiger partial charge in [0.1, 0.15) is 12.1 Å². The van der Waals surface area contributed by atoms with Gasteiger partial charge in [-0.2, -0.15) is 0 Å². The molecule has 2 heterocycles. The van der Waals surface area contributed by atoms with Crippen LogP contribution in [-0.2, 0) is 11.3 Å². The first-order valence-electron chi connectivity index (χ1n) is 11.2. The predicted octanol–water partition coefficient (Wildman–Crippen LogP) is 2.73. The van der Waals surface area contributed by atoms with E-state index < -0.39 is 0 Å². The maximum absolute atomic E-state index is 13.2. The van der Waals surface area contributed by atoms with Crippen LogP contribution in [0.25, 0.3) is 0 Å². The van der Waals surface area contributed by atoms with Crippen molar-refractivity contribution in [1.29, 1.82) is 0 Å². The van der Waals surface area contributed by atoms with E-state index in [0.717, 1.165) is 31.6 Å². The second-order valence-corrected chi connectivity index (χ2v) is 8.40. The molecule has 30 heavy (non-hydrogen) atoms. The first-order valence-corrected chi connectivity index (χ1v) is 11.2. The zero-order valence-corrected chi connectivity index (χ0v) is 17.7. The lowest BCUT2D eigenvalue weighted by Gasteiger charge is -2.26. The van der Waals surface area contributed by atoms with Gasteiger partial charge in [0.05, 0.1) is 18.7 Å². The summed E-state index contributed by atoms with van der Waals surface area (Å²) in [6.45, 7) is 4.10. The highest BCUT2D eigenvalue weighted by atomic mass is 16.5. The molecule has 1 amide bonds. The Morgan fingerprint density at radius 1 is 1.17 bits per heavy atom. The molecule has 1 aliphatic heterocycles. The monoisotopic (exact) mass is 412 g/mol. The molecule has 8 nitrogen and oxygen atoms in total. The van der Waals surface area contributed by atoms with Gasteiger partial charge in [0.2, 0.25) is 5.91 Å². The van der Waals surface area contributed by atoms with E-state index in [-0.39, 0.29) is 18.0 Å². The smallest absolute Gasteiger partial charge is 0.237 e. The van der Waals surface area contributed by atoms with E-state index >= 15 is 0 Å². The molecule has 1 aliphatic carbocycles. The van der Waals surface area contributed by atoms with Crippen molar-refractivity contribution < 1.29 is 9.53 Å². The minimum absolute atomic E-state index is 0.104. The van der Waals surface area contributed by atoms with Crippen LogP contribution < -0.4 is 10.1 Å². The summed E-state index contributed by atoms with van der Waals surface area (Å²) in [6, 6.07) is 8.38. The van der Waals surface area contributed by atoms with Crippen LogP contribution in [0.4, 0.5) is 0 Å². The molecule has 4 rings (SSSR count). The van der Waals surface area contributed by atoms with Crippen LogP contribution in [0.3, 0.4) is 0 Å². The number of carbonyl (C=O) groups excluding carboxylic acids is 1. The van der Waals surface area contributed by atoms with Gasteiger partial charge in [-0.3, -0.25) is 9.69 Å². The summed E-state index contributed by atoms with van der Waals surface area (Å²) in [7, 11) is 0. The van der Waals surface area contributed by atoms with Crippen molar-refractivity contribution in [2.75, 3.05) is 13.2 Å². The fraction of sp³-hybridized carbons (Fsp3) is 0.636. The molecule has 1 aromatic carbocycles. The number of nitrogens with one attached hydrogen (secondary N) is 1. The molecular formula is C22H32N6O2. The number of carbonyl (C=O) groups is 1. The molecule has 0 bridgehead atoms. The minimum atomic E-state index is -0.172. The maximum atomic E-state index is 13.2. The molecular weight excluding hydrogens is 380 g/mol. The Balaban J connectivity index is 1.45. The van der Waals surface area contributed by atoms with E-state index in [1.807, 2.05) is 19.1 Å². The fourth-order valence-electron chi connectivity index (χ4n) is 4.67. The summed E-state index contributed by atoms with van der Waals surface area (Å²) in [5, 5.41) is 15.0. The first kappa shape index (κ1) is 20.8. The summed E-state index contributed by atoms with van der Waals surface area (Å²) in [5.74, 6) is 1.01. The Kier molecular flexibility index (Phi) is 6.94. The van der Waals surface area contributed by atoms with E-state index in [9.17, 15) is 4.79 Å². The molecule has 2 aromatic rings. The number of nitrogens with zero attached hydrogens (tertiary/aromatic N) is 5. The van der Waals surface area contributed by atoms with Crippen molar-refractivity contribution in [3.63, 3.8) is 0 Å². The Bertz CT molecular complexity index is 786. The summed E-state index contributed by atoms with van der Waals surface area (Å²) in [4.78, 5) is 15.5. The first-order chi connectivity index (χ1) is 14.7. The van der Waals surface area contributed by atoms with Gasteiger partial charge in [-0.15, -0.1) is 5.10 Å². The quantitative estimate of drug-likeness (QED) is 0.704.